The smallest absolute Gasteiger partial charge is 0.148 e. The topological polar surface area (TPSA) is 32.7 Å². The molecule has 3 heteroatoms. The zero-order valence-electron chi connectivity index (χ0n) is 9.78. The Bertz CT molecular complexity index is 352. The molecule has 0 spiro atoms. The molecular formula is C13H19NO2. The van der Waals surface area contributed by atoms with E-state index in [1.165, 1.54) is 12.8 Å². The van der Waals surface area contributed by atoms with E-state index in [1.54, 1.807) is 0 Å². The van der Waals surface area contributed by atoms with Crippen molar-refractivity contribution >= 4 is 5.69 Å². The molecule has 0 aliphatic carbocycles. The Balaban J connectivity index is 2.24. The Morgan fingerprint density at radius 1 is 1.44 bits per heavy atom. The van der Waals surface area contributed by atoms with Crippen molar-refractivity contribution < 1.29 is 9.84 Å². The van der Waals surface area contributed by atoms with Crippen molar-refractivity contribution in [3.63, 3.8) is 0 Å². The number of hydrogen-bond donors (Lipinski definition) is 1. The highest BCUT2D eigenvalue weighted by atomic mass is 16.5. The highest BCUT2D eigenvalue weighted by molar-refractivity contribution is 5.63. The first-order valence-corrected chi connectivity index (χ1v) is 5.97. The molecule has 3 nitrogen and oxygen atoms in total. The molecule has 16 heavy (non-hydrogen) atoms. The van der Waals surface area contributed by atoms with Crippen LogP contribution in [0.5, 0.6) is 5.75 Å². The molecule has 1 heterocycles. The van der Waals surface area contributed by atoms with Crippen molar-refractivity contribution in [2.24, 2.45) is 0 Å². The van der Waals surface area contributed by atoms with Gasteiger partial charge in [0, 0.05) is 12.1 Å². The van der Waals surface area contributed by atoms with Gasteiger partial charge in [0.05, 0.1) is 18.8 Å². The maximum absolute atomic E-state index is 9.26. The van der Waals surface area contributed by atoms with E-state index in [0.29, 0.717) is 6.61 Å². The lowest BCUT2D eigenvalue weighted by atomic mass is 10.1. The predicted octanol–water partition coefficient (Wildman–Crippen LogP) is 2.18. The molecule has 0 saturated carbocycles. The fraction of sp³-hybridized carbons (Fsp3) is 0.538. The molecule has 2 rings (SSSR count). The van der Waals surface area contributed by atoms with E-state index in [-0.39, 0.29) is 6.61 Å². The van der Waals surface area contributed by atoms with Gasteiger partial charge in [0.1, 0.15) is 12.4 Å². The molecule has 0 atom stereocenters. The molecule has 0 aromatic heterocycles. The molecular weight excluding hydrogens is 202 g/mol. The Labute approximate surface area is 96.6 Å². The van der Waals surface area contributed by atoms with Crippen LogP contribution in [0.3, 0.4) is 0 Å². The largest absolute Gasteiger partial charge is 0.489 e. The summed E-state index contributed by atoms with van der Waals surface area (Å²) in [6.07, 6.45) is 2.40. The minimum absolute atomic E-state index is 0.0464. The molecule has 0 bridgehead atoms. The molecule has 0 radical (unpaired) electrons. The first-order valence-electron chi connectivity index (χ1n) is 5.97. The number of benzene rings is 1. The van der Waals surface area contributed by atoms with Crippen LogP contribution in [0.4, 0.5) is 5.69 Å². The molecule has 1 aliphatic rings. The van der Waals surface area contributed by atoms with Crippen molar-refractivity contribution in [2.45, 2.75) is 26.4 Å². The summed E-state index contributed by atoms with van der Waals surface area (Å²) in [4.78, 5) is 2.35. The van der Waals surface area contributed by atoms with Gasteiger partial charge in [-0.1, -0.05) is 25.5 Å². The molecule has 1 aromatic carbocycles. The Morgan fingerprint density at radius 3 is 3.06 bits per heavy atom. The normalized spacial score (nSPS) is 14.5. The first-order chi connectivity index (χ1) is 7.86. The number of para-hydroxylation sites is 1. The standard InChI is InChI=1S/C13H19NO2/c1-2-3-7-14-8-9-16-13-11(10-15)5-4-6-12(13)14/h4-6,15H,2-3,7-10H2,1H3. The lowest BCUT2D eigenvalue weighted by Gasteiger charge is -2.32. The summed E-state index contributed by atoms with van der Waals surface area (Å²) in [6, 6.07) is 5.98. The summed E-state index contributed by atoms with van der Waals surface area (Å²) in [5.41, 5.74) is 2.02. The average molecular weight is 221 g/mol. The zero-order valence-corrected chi connectivity index (χ0v) is 9.78. The van der Waals surface area contributed by atoms with Crippen LogP contribution in [0.1, 0.15) is 25.3 Å². The van der Waals surface area contributed by atoms with Gasteiger partial charge in [0.25, 0.3) is 0 Å². The molecule has 1 N–H and O–H groups in total. The minimum atomic E-state index is 0.0464. The van der Waals surface area contributed by atoms with E-state index in [4.69, 9.17) is 4.74 Å². The van der Waals surface area contributed by atoms with Gasteiger partial charge in [-0.3, -0.25) is 0 Å². The van der Waals surface area contributed by atoms with E-state index in [2.05, 4.69) is 17.9 Å². The van der Waals surface area contributed by atoms with Gasteiger partial charge in [-0.15, -0.1) is 0 Å². The van der Waals surface area contributed by atoms with Crippen LogP contribution in [-0.4, -0.2) is 24.8 Å². The van der Waals surface area contributed by atoms with Gasteiger partial charge in [-0.05, 0) is 12.5 Å². The van der Waals surface area contributed by atoms with E-state index in [9.17, 15) is 5.11 Å². The van der Waals surface area contributed by atoms with Crippen molar-refractivity contribution in [1.82, 2.24) is 0 Å². The maximum Gasteiger partial charge on any atom is 0.148 e. The van der Waals surface area contributed by atoms with Gasteiger partial charge in [-0.2, -0.15) is 0 Å². The van der Waals surface area contributed by atoms with E-state index in [1.807, 2.05) is 12.1 Å². The summed E-state index contributed by atoms with van der Waals surface area (Å²) < 4.78 is 5.65. The first kappa shape index (κ1) is 11.3. The number of fused-ring (bicyclic) bond motifs is 1. The summed E-state index contributed by atoms with van der Waals surface area (Å²) in [7, 11) is 0. The molecule has 88 valence electrons. The number of rotatable bonds is 4. The minimum Gasteiger partial charge on any atom is -0.489 e. The van der Waals surface area contributed by atoms with Crippen LogP contribution >= 0.6 is 0 Å². The highest BCUT2D eigenvalue weighted by Crippen LogP contribution is 2.34. The van der Waals surface area contributed by atoms with Crippen molar-refractivity contribution in [1.29, 1.82) is 0 Å². The third-order valence-electron chi connectivity index (χ3n) is 2.98. The van der Waals surface area contributed by atoms with Crippen LogP contribution in [0.25, 0.3) is 0 Å². The molecule has 0 saturated heterocycles. The van der Waals surface area contributed by atoms with E-state index >= 15 is 0 Å². The van der Waals surface area contributed by atoms with Gasteiger partial charge in [0.15, 0.2) is 0 Å². The second-order valence-electron chi connectivity index (χ2n) is 4.11. The Kier molecular flexibility index (Phi) is 3.67. The average Bonchev–Trinajstić information content (AvgIpc) is 2.35. The van der Waals surface area contributed by atoms with Crippen molar-refractivity contribution in [2.75, 3.05) is 24.6 Å². The molecule has 1 aromatic rings. The lowest BCUT2D eigenvalue weighted by Crippen LogP contribution is -2.33. The number of nitrogens with zero attached hydrogens (tertiary/aromatic N) is 1. The maximum atomic E-state index is 9.26. The number of anilines is 1. The van der Waals surface area contributed by atoms with Gasteiger partial charge < -0.3 is 14.7 Å². The van der Waals surface area contributed by atoms with Crippen LogP contribution in [-0.2, 0) is 6.61 Å². The second-order valence-corrected chi connectivity index (χ2v) is 4.11. The van der Waals surface area contributed by atoms with Gasteiger partial charge in [-0.25, -0.2) is 0 Å². The van der Waals surface area contributed by atoms with Crippen LogP contribution in [0.15, 0.2) is 18.2 Å². The fourth-order valence-corrected chi connectivity index (χ4v) is 2.07. The lowest BCUT2D eigenvalue weighted by molar-refractivity contribution is 0.259. The van der Waals surface area contributed by atoms with Crippen LogP contribution < -0.4 is 9.64 Å². The van der Waals surface area contributed by atoms with Crippen molar-refractivity contribution in [3.05, 3.63) is 23.8 Å². The number of unbranched alkanes of at least 4 members (excludes halogenated alkanes) is 1. The second kappa shape index (κ2) is 5.21. The third kappa shape index (κ3) is 2.14. The van der Waals surface area contributed by atoms with E-state index in [0.717, 1.165) is 30.1 Å². The fourth-order valence-electron chi connectivity index (χ4n) is 2.07. The molecule has 0 unspecified atom stereocenters. The van der Waals surface area contributed by atoms with Gasteiger partial charge in [0.2, 0.25) is 0 Å². The predicted molar refractivity (Wildman–Crippen MR) is 65.0 cm³/mol. The van der Waals surface area contributed by atoms with E-state index < -0.39 is 0 Å². The third-order valence-corrected chi connectivity index (χ3v) is 2.98. The molecule has 1 aliphatic heterocycles. The Hall–Kier alpha value is -1.22. The zero-order chi connectivity index (χ0) is 11.4. The van der Waals surface area contributed by atoms with Crippen LogP contribution in [0, 0.1) is 0 Å². The number of aliphatic hydroxyl groups is 1. The SMILES string of the molecule is CCCCN1CCOc2c(CO)cccc21. The monoisotopic (exact) mass is 221 g/mol. The molecule has 0 amide bonds. The summed E-state index contributed by atoms with van der Waals surface area (Å²) >= 11 is 0. The quantitative estimate of drug-likeness (QED) is 0.846. The number of ether oxygens (including phenoxy) is 1. The van der Waals surface area contributed by atoms with Crippen LogP contribution in [0.2, 0.25) is 0 Å². The summed E-state index contributed by atoms with van der Waals surface area (Å²) in [5, 5.41) is 9.26. The number of hydrogen-bond acceptors (Lipinski definition) is 3. The number of aliphatic hydroxyl groups excluding tert-OH is 1. The summed E-state index contributed by atoms with van der Waals surface area (Å²) in [6.45, 7) is 4.98. The Morgan fingerprint density at radius 2 is 2.31 bits per heavy atom. The van der Waals surface area contributed by atoms with Crippen molar-refractivity contribution in [3.8, 4) is 5.75 Å². The summed E-state index contributed by atoms with van der Waals surface area (Å²) in [5.74, 6) is 0.868. The highest BCUT2D eigenvalue weighted by Gasteiger charge is 2.19. The molecule has 0 fully saturated rings. The van der Waals surface area contributed by atoms with Gasteiger partial charge >= 0.3 is 0 Å².